The lowest BCUT2D eigenvalue weighted by atomic mass is 10.1. The summed E-state index contributed by atoms with van der Waals surface area (Å²) in [6, 6.07) is 3.80. The Hall–Kier alpha value is -2.02. The highest BCUT2D eigenvalue weighted by Gasteiger charge is 2.12. The van der Waals surface area contributed by atoms with Crippen molar-refractivity contribution in [1.29, 1.82) is 0 Å². The summed E-state index contributed by atoms with van der Waals surface area (Å²) in [7, 11) is 0. The van der Waals surface area contributed by atoms with Crippen LogP contribution in [-0.4, -0.2) is 10.0 Å². The molecule has 1 aromatic carbocycles. The van der Waals surface area contributed by atoms with Crippen molar-refractivity contribution in [2.45, 2.75) is 6.42 Å². The van der Waals surface area contributed by atoms with Crippen LogP contribution in [0.4, 0.5) is 5.69 Å². The number of terminal acetylenes is 1. The first kappa shape index (κ1) is 9.07. The average Bonchev–Trinajstić information content (AvgIpc) is 2.04. The first-order valence-electron chi connectivity index (χ1n) is 3.55. The fourth-order valence-corrected chi connectivity index (χ4v) is 1.00. The molecule has 1 aromatic rings. The molecule has 0 saturated carbocycles. The van der Waals surface area contributed by atoms with E-state index in [0.717, 1.165) is 0 Å². The Balaban J connectivity index is 3.20. The van der Waals surface area contributed by atoms with Gasteiger partial charge in [0.25, 0.3) is 5.69 Å². The fourth-order valence-electron chi connectivity index (χ4n) is 1.00. The Bertz CT molecular complexity index is 379. The molecular formula is C9H7NO3. The maximum absolute atomic E-state index is 10.5. The van der Waals surface area contributed by atoms with E-state index in [0.29, 0.717) is 5.56 Å². The van der Waals surface area contributed by atoms with Crippen LogP contribution in [-0.2, 0) is 6.42 Å². The van der Waals surface area contributed by atoms with Gasteiger partial charge in [-0.15, -0.1) is 12.3 Å². The predicted octanol–water partition coefficient (Wildman–Crippen LogP) is 1.48. The zero-order chi connectivity index (χ0) is 9.84. The molecular weight excluding hydrogens is 170 g/mol. The minimum absolute atomic E-state index is 0.0177. The quantitative estimate of drug-likeness (QED) is 0.422. The van der Waals surface area contributed by atoms with Gasteiger partial charge in [0.15, 0.2) is 0 Å². The molecule has 13 heavy (non-hydrogen) atoms. The summed E-state index contributed by atoms with van der Waals surface area (Å²) in [5.74, 6) is 2.27. The normalized spacial score (nSPS) is 9.15. The van der Waals surface area contributed by atoms with Crippen molar-refractivity contribution in [3.05, 3.63) is 33.9 Å². The molecule has 0 aromatic heterocycles. The third-order valence-corrected chi connectivity index (χ3v) is 1.55. The van der Waals surface area contributed by atoms with Gasteiger partial charge in [0.1, 0.15) is 5.75 Å². The van der Waals surface area contributed by atoms with Crippen molar-refractivity contribution in [1.82, 2.24) is 0 Å². The van der Waals surface area contributed by atoms with E-state index < -0.39 is 4.92 Å². The summed E-state index contributed by atoms with van der Waals surface area (Å²) in [5, 5.41) is 19.5. The summed E-state index contributed by atoms with van der Waals surface area (Å²) >= 11 is 0. The number of nitrogens with zero attached hydrogens (tertiary/aromatic N) is 1. The zero-order valence-electron chi connectivity index (χ0n) is 6.73. The molecule has 4 nitrogen and oxygen atoms in total. The van der Waals surface area contributed by atoms with Gasteiger partial charge < -0.3 is 5.11 Å². The summed E-state index contributed by atoms with van der Waals surface area (Å²) in [6.45, 7) is 0. The van der Waals surface area contributed by atoms with Gasteiger partial charge in [0.2, 0.25) is 0 Å². The van der Waals surface area contributed by atoms with E-state index in [9.17, 15) is 10.1 Å². The van der Waals surface area contributed by atoms with Gasteiger partial charge >= 0.3 is 0 Å². The molecule has 0 bridgehead atoms. The minimum atomic E-state index is -0.522. The number of nitro benzene ring substituents is 1. The highest BCUT2D eigenvalue weighted by Crippen LogP contribution is 2.23. The zero-order valence-corrected chi connectivity index (χ0v) is 6.73. The lowest BCUT2D eigenvalue weighted by Crippen LogP contribution is -1.93. The van der Waals surface area contributed by atoms with Gasteiger partial charge in [-0.1, -0.05) is 0 Å². The third kappa shape index (κ3) is 1.97. The standard InChI is InChI=1S/C9H7NO3/c1-2-3-7-6-8(11)4-5-9(7)10(12)13/h1,4-6,11H,3H2. The number of aromatic hydroxyl groups is 1. The molecule has 0 aliphatic heterocycles. The van der Waals surface area contributed by atoms with Gasteiger partial charge in [0.05, 0.1) is 4.92 Å². The summed E-state index contributed by atoms with van der Waals surface area (Å²) in [5.41, 5.74) is 0.295. The number of rotatable bonds is 2. The van der Waals surface area contributed by atoms with Crippen molar-refractivity contribution in [3.8, 4) is 18.1 Å². The molecule has 0 unspecified atom stereocenters. The molecule has 0 amide bonds. The van der Waals surface area contributed by atoms with Gasteiger partial charge in [0, 0.05) is 18.1 Å². The Morgan fingerprint density at radius 2 is 2.31 bits per heavy atom. The van der Waals surface area contributed by atoms with Gasteiger partial charge in [-0.2, -0.15) is 0 Å². The largest absolute Gasteiger partial charge is 0.508 e. The minimum Gasteiger partial charge on any atom is -0.508 e. The van der Waals surface area contributed by atoms with Crippen LogP contribution in [0.25, 0.3) is 0 Å². The Morgan fingerprint density at radius 3 is 2.85 bits per heavy atom. The Morgan fingerprint density at radius 1 is 1.62 bits per heavy atom. The predicted molar refractivity (Wildman–Crippen MR) is 47.3 cm³/mol. The number of hydrogen-bond donors (Lipinski definition) is 1. The van der Waals surface area contributed by atoms with Gasteiger partial charge in [-0.3, -0.25) is 10.1 Å². The highest BCUT2D eigenvalue weighted by molar-refractivity contribution is 5.46. The van der Waals surface area contributed by atoms with Crippen LogP contribution in [0.2, 0.25) is 0 Å². The van der Waals surface area contributed by atoms with Crippen LogP contribution < -0.4 is 0 Å². The van der Waals surface area contributed by atoms with Crippen molar-refractivity contribution >= 4 is 5.69 Å². The van der Waals surface area contributed by atoms with Crippen molar-refractivity contribution < 1.29 is 10.0 Å². The Kier molecular flexibility index (Phi) is 2.50. The first-order valence-corrected chi connectivity index (χ1v) is 3.55. The van der Waals surface area contributed by atoms with Crippen molar-refractivity contribution in [2.24, 2.45) is 0 Å². The van der Waals surface area contributed by atoms with Crippen LogP contribution in [0.15, 0.2) is 18.2 Å². The molecule has 0 radical (unpaired) electrons. The van der Waals surface area contributed by atoms with E-state index in [1.54, 1.807) is 0 Å². The summed E-state index contributed by atoms with van der Waals surface area (Å²) < 4.78 is 0. The Labute approximate surface area is 75.0 Å². The number of benzene rings is 1. The first-order chi connectivity index (χ1) is 6.15. The van der Waals surface area contributed by atoms with E-state index in [1.165, 1.54) is 18.2 Å². The molecule has 4 heteroatoms. The van der Waals surface area contributed by atoms with Gasteiger partial charge in [-0.05, 0) is 12.1 Å². The lowest BCUT2D eigenvalue weighted by Gasteiger charge is -1.98. The SMILES string of the molecule is C#CCc1cc(O)ccc1[N+](=O)[O-]. The molecule has 1 rings (SSSR count). The number of phenols is 1. The van der Waals surface area contributed by atoms with Crippen LogP contribution in [0.3, 0.4) is 0 Å². The van der Waals surface area contributed by atoms with E-state index in [-0.39, 0.29) is 17.9 Å². The highest BCUT2D eigenvalue weighted by atomic mass is 16.6. The summed E-state index contributed by atoms with van der Waals surface area (Å²) in [4.78, 5) is 9.94. The molecule has 0 saturated heterocycles. The molecule has 0 spiro atoms. The second kappa shape index (κ2) is 3.59. The van der Waals surface area contributed by atoms with Crippen molar-refractivity contribution in [2.75, 3.05) is 0 Å². The van der Waals surface area contributed by atoms with Crippen LogP contribution in [0.1, 0.15) is 5.56 Å². The van der Waals surface area contributed by atoms with Crippen LogP contribution in [0, 0.1) is 22.5 Å². The van der Waals surface area contributed by atoms with Crippen molar-refractivity contribution in [3.63, 3.8) is 0 Å². The molecule has 0 atom stereocenters. The molecule has 1 N–H and O–H groups in total. The van der Waals surface area contributed by atoms with Crippen LogP contribution in [0.5, 0.6) is 5.75 Å². The van der Waals surface area contributed by atoms with Gasteiger partial charge in [-0.25, -0.2) is 0 Å². The smallest absolute Gasteiger partial charge is 0.273 e. The molecule has 0 heterocycles. The fraction of sp³-hybridized carbons (Fsp3) is 0.111. The van der Waals surface area contributed by atoms with E-state index in [1.807, 2.05) is 0 Å². The topological polar surface area (TPSA) is 63.4 Å². The molecule has 0 aliphatic rings. The number of hydrogen-bond acceptors (Lipinski definition) is 3. The lowest BCUT2D eigenvalue weighted by molar-refractivity contribution is -0.385. The molecule has 66 valence electrons. The maximum Gasteiger partial charge on any atom is 0.273 e. The second-order valence-electron chi connectivity index (χ2n) is 2.45. The number of phenolic OH excluding ortho intramolecular Hbond substituents is 1. The average molecular weight is 177 g/mol. The summed E-state index contributed by atoms with van der Waals surface area (Å²) in [6.07, 6.45) is 5.17. The third-order valence-electron chi connectivity index (χ3n) is 1.55. The monoisotopic (exact) mass is 177 g/mol. The van der Waals surface area contributed by atoms with E-state index in [4.69, 9.17) is 11.5 Å². The maximum atomic E-state index is 10.5. The second-order valence-corrected chi connectivity index (χ2v) is 2.45. The molecule has 0 fully saturated rings. The van der Waals surface area contributed by atoms with E-state index in [2.05, 4.69) is 5.92 Å². The van der Waals surface area contributed by atoms with Crippen LogP contribution >= 0.6 is 0 Å². The number of nitro groups is 1. The van der Waals surface area contributed by atoms with E-state index >= 15 is 0 Å². The molecule has 0 aliphatic carbocycles.